The third-order valence-corrected chi connectivity index (χ3v) is 5.55. The van der Waals surface area contributed by atoms with Gasteiger partial charge in [-0.05, 0) is 36.8 Å². The van der Waals surface area contributed by atoms with E-state index in [2.05, 4.69) is 0 Å². The lowest BCUT2D eigenvalue weighted by molar-refractivity contribution is 0.419. The summed E-state index contributed by atoms with van der Waals surface area (Å²) in [5, 5.41) is 27.8. The van der Waals surface area contributed by atoms with Crippen LogP contribution in [-0.4, -0.2) is 0 Å². The van der Waals surface area contributed by atoms with Crippen LogP contribution in [0.25, 0.3) is 12.2 Å². The number of hydrogen-bond acceptors (Lipinski definition) is 3. The van der Waals surface area contributed by atoms with Crippen LogP contribution in [0.4, 0.5) is 35.1 Å². The van der Waals surface area contributed by atoms with E-state index in [1.807, 2.05) is 0 Å². The zero-order valence-electron chi connectivity index (χ0n) is 21.2. The van der Waals surface area contributed by atoms with E-state index in [0.717, 1.165) is 6.07 Å². The molecule has 2 aromatic carbocycles. The molecule has 0 fully saturated rings. The summed E-state index contributed by atoms with van der Waals surface area (Å²) in [6.45, 7) is 6.64. The van der Waals surface area contributed by atoms with Gasteiger partial charge in [0.25, 0.3) is 0 Å². The van der Waals surface area contributed by atoms with Gasteiger partial charge in [0.1, 0.15) is 5.92 Å². The van der Waals surface area contributed by atoms with E-state index in [1.54, 1.807) is 39.8 Å². The second kappa shape index (κ2) is 12.6. The second-order valence-corrected chi connectivity index (χ2v) is 9.49. The van der Waals surface area contributed by atoms with Crippen molar-refractivity contribution in [2.45, 2.75) is 46.5 Å². The van der Waals surface area contributed by atoms with Crippen LogP contribution in [0.3, 0.4) is 0 Å². The molecule has 0 saturated heterocycles. The van der Waals surface area contributed by atoms with Crippen molar-refractivity contribution in [1.82, 2.24) is 0 Å². The Hall–Kier alpha value is -4.17. The molecule has 0 aromatic heterocycles. The molecule has 0 radical (unpaired) electrons. The Bertz CT molecular complexity index is 1320. The molecule has 0 atom stereocenters. The molecule has 0 spiro atoms. The van der Waals surface area contributed by atoms with Crippen molar-refractivity contribution in [1.29, 1.82) is 15.8 Å². The van der Waals surface area contributed by atoms with Crippen LogP contribution in [0.5, 0.6) is 0 Å². The zero-order chi connectivity index (χ0) is 29.8. The molecule has 0 unspecified atom stereocenters. The fourth-order valence-electron chi connectivity index (χ4n) is 3.87. The number of rotatable bonds is 8. The fraction of sp³-hybridized carbons (Fsp3) is 0.321. The predicted octanol–water partition coefficient (Wildman–Crippen LogP) is 8.36. The highest BCUT2D eigenvalue weighted by Gasteiger charge is 2.36. The van der Waals surface area contributed by atoms with Gasteiger partial charge in [-0.25, -0.2) is 35.1 Å². The van der Waals surface area contributed by atoms with Crippen LogP contribution in [0.2, 0.25) is 0 Å². The molecule has 0 aliphatic carbocycles. The monoisotopic (exact) mass is 551 g/mol. The molecule has 0 heterocycles. The molecular weight excluding hydrogens is 530 g/mol. The molecule has 0 amide bonds. The Morgan fingerprint density at radius 1 is 0.564 bits per heavy atom. The maximum Gasteiger partial charge on any atom is 0.169 e. The minimum Gasteiger partial charge on any atom is -0.203 e. The molecule has 2 rings (SSSR count). The highest BCUT2D eigenvalue weighted by Crippen LogP contribution is 2.38. The van der Waals surface area contributed by atoms with Crippen molar-refractivity contribution < 1.29 is 35.1 Å². The maximum atomic E-state index is 15.0. The summed E-state index contributed by atoms with van der Waals surface area (Å²) in [6.07, 6.45) is 1.07. The fourth-order valence-corrected chi connectivity index (χ4v) is 3.87. The summed E-state index contributed by atoms with van der Waals surface area (Å²) in [5.41, 5.74) is -6.80. The normalized spacial score (nSPS) is 12.9. The number of nitriles is 3. The van der Waals surface area contributed by atoms with Crippen molar-refractivity contribution >= 4 is 12.2 Å². The molecule has 39 heavy (non-hydrogen) atoms. The largest absolute Gasteiger partial charge is 0.203 e. The molecule has 0 aliphatic heterocycles. The Morgan fingerprint density at radius 2 is 0.846 bits per heavy atom. The first-order valence-corrected chi connectivity index (χ1v) is 11.5. The van der Waals surface area contributed by atoms with Crippen LogP contribution in [-0.2, 0) is 0 Å². The lowest BCUT2D eigenvalue weighted by Crippen LogP contribution is -2.16. The van der Waals surface area contributed by atoms with Crippen molar-refractivity contribution in [2.24, 2.45) is 11.8 Å². The number of nitrogens with zero attached hydrogens (tertiary/aromatic N) is 3. The quantitative estimate of drug-likeness (QED) is 0.188. The first-order chi connectivity index (χ1) is 18.2. The Labute approximate surface area is 219 Å². The van der Waals surface area contributed by atoms with Gasteiger partial charge in [0.15, 0.2) is 46.5 Å². The molecule has 2 aromatic rings. The van der Waals surface area contributed by atoms with E-state index in [0.29, 0.717) is 12.2 Å². The summed E-state index contributed by atoms with van der Waals surface area (Å²) in [6, 6.07) is 4.31. The molecule has 0 bridgehead atoms. The van der Waals surface area contributed by atoms with Crippen LogP contribution in [0.15, 0.2) is 11.1 Å². The van der Waals surface area contributed by atoms with Crippen LogP contribution in [0, 0.1) is 92.4 Å². The molecule has 0 N–H and O–H groups in total. The minimum atomic E-state index is -2.87. The van der Waals surface area contributed by atoms with Crippen LogP contribution < -0.4 is 0 Å². The van der Waals surface area contributed by atoms with Gasteiger partial charge in [0.2, 0.25) is 0 Å². The molecule has 0 aliphatic rings. The summed E-state index contributed by atoms with van der Waals surface area (Å²) < 4.78 is 119. The summed E-state index contributed by atoms with van der Waals surface area (Å²) in [5.74, 6) is -20.6. The number of allylic oxidation sites excluding steroid dienone is 2. The van der Waals surface area contributed by atoms with Gasteiger partial charge < -0.3 is 0 Å². The van der Waals surface area contributed by atoms with Gasteiger partial charge in [-0.2, -0.15) is 15.8 Å². The maximum absolute atomic E-state index is 15.0. The van der Waals surface area contributed by atoms with Gasteiger partial charge in [0, 0.05) is 11.1 Å². The lowest BCUT2D eigenvalue weighted by Gasteiger charge is -2.18. The first kappa shape index (κ1) is 31.1. The molecule has 0 saturated carbocycles. The van der Waals surface area contributed by atoms with E-state index in [1.165, 1.54) is 0 Å². The standard InChI is InChI=1S/C28H21F8N3/c1-12(2)5-14(9-37)7-16-21(29)25(33)19(26(34)22(16)30)18(11-39)20-27(35)23(31)17(24(32)28(20)36)8-15(10-38)6-13(3)4/h7-8,12-13,18H,5-6H2,1-4H3. The number of hydrogen-bond donors (Lipinski definition) is 0. The average molecular weight is 551 g/mol. The highest BCUT2D eigenvalue weighted by molar-refractivity contribution is 5.62. The van der Waals surface area contributed by atoms with Gasteiger partial charge >= 0.3 is 0 Å². The highest BCUT2D eigenvalue weighted by atomic mass is 19.2. The topological polar surface area (TPSA) is 71.4 Å². The third-order valence-electron chi connectivity index (χ3n) is 5.55. The van der Waals surface area contributed by atoms with E-state index >= 15 is 17.6 Å². The molecule has 11 heteroatoms. The Balaban J connectivity index is 2.85. The van der Waals surface area contributed by atoms with Gasteiger partial charge in [-0.15, -0.1) is 0 Å². The van der Waals surface area contributed by atoms with E-state index < -0.39 is 74.7 Å². The third kappa shape index (κ3) is 6.29. The van der Waals surface area contributed by atoms with E-state index in [9.17, 15) is 22.8 Å². The predicted molar refractivity (Wildman–Crippen MR) is 126 cm³/mol. The number of halogens is 8. The van der Waals surface area contributed by atoms with Gasteiger partial charge in [-0.3, -0.25) is 0 Å². The van der Waals surface area contributed by atoms with Crippen LogP contribution >= 0.6 is 0 Å². The smallest absolute Gasteiger partial charge is 0.169 e. The van der Waals surface area contributed by atoms with Crippen molar-refractivity contribution in [3.05, 3.63) is 79.9 Å². The molecule has 204 valence electrons. The van der Waals surface area contributed by atoms with Gasteiger partial charge in [-0.1, -0.05) is 27.7 Å². The van der Waals surface area contributed by atoms with E-state index in [4.69, 9.17) is 10.5 Å². The number of benzene rings is 2. The minimum absolute atomic E-state index is 0.0123. The Kier molecular flexibility index (Phi) is 10.0. The van der Waals surface area contributed by atoms with Gasteiger partial charge in [0.05, 0.1) is 40.5 Å². The van der Waals surface area contributed by atoms with Crippen molar-refractivity contribution in [3.8, 4) is 18.2 Å². The van der Waals surface area contributed by atoms with E-state index in [-0.39, 0.29) is 35.8 Å². The zero-order valence-corrected chi connectivity index (χ0v) is 21.2. The van der Waals surface area contributed by atoms with Crippen LogP contribution in [0.1, 0.15) is 68.7 Å². The Morgan fingerprint density at radius 3 is 1.05 bits per heavy atom. The van der Waals surface area contributed by atoms with Crippen molar-refractivity contribution in [3.63, 3.8) is 0 Å². The summed E-state index contributed by atoms with van der Waals surface area (Å²) >= 11 is 0. The molecular formula is C28H21F8N3. The van der Waals surface area contributed by atoms with Crippen molar-refractivity contribution in [2.75, 3.05) is 0 Å². The summed E-state index contributed by atoms with van der Waals surface area (Å²) in [7, 11) is 0. The molecule has 3 nitrogen and oxygen atoms in total. The average Bonchev–Trinajstić information content (AvgIpc) is 2.88. The lowest BCUT2D eigenvalue weighted by atomic mass is 9.88. The first-order valence-electron chi connectivity index (χ1n) is 11.5. The second-order valence-electron chi connectivity index (χ2n) is 9.49. The summed E-state index contributed by atoms with van der Waals surface area (Å²) in [4.78, 5) is 0. The SMILES string of the molecule is CC(C)CC(C#N)=Cc1c(F)c(F)c(C(C#N)c2c(F)c(F)c(C=C(C#N)CC(C)C)c(F)c2F)c(F)c1F.